The van der Waals surface area contributed by atoms with Gasteiger partial charge < -0.3 is 10.4 Å². The zero-order chi connectivity index (χ0) is 17.3. The number of thiazole rings is 2. The molecule has 0 saturated carbocycles. The molecule has 8 heteroatoms. The van der Waals surface area contributed by atoms with E-state index in [1.165, 1.54) is 11.3 Å². The molecule has 130 valence electrons. The van der Waals surface area contributed by atoms with Gasteiger partial charge in [-0.15, -0.1) is 22.7 Å². The summed E-state index contributed by atoms with van der Waals surface area (Å²) in [5.74, 6) is -0.134. The van der Waals surface area contributed by atoms with E-state index in [0.717, 1.165) is 40.9 Å². The van der Waals surface area contributed by atoms with Crippen molar-refractivity contribution in [3.8, 4) is 0 Å². The standard InChI is InChI=1S/C16H22N4O2S2/c1-9-15(24-11(3)17-9)16(22)19-13-4-5-20(7-14(13)21)6-12-8-23-10(2)18-12/h8,13-14,21H,4-7H2,1-3H3,(H,19,22)/t13-,14-/m1/s1. The molecule has 1 saturated heterocycles. The monoisotopic (exact) mass is 366 g/mol. The number of carbonyl (C=O) groups excluding carboxylic acids is 1. The van der Waals surface area contributed by atoms with Crippen molar-refractivity contribution in [2.45, 2.75) is 45.9 Å². The number of piperidine rings is 1. The van der Waals surface area contributed by atoms with Gasteiger partial charge in [-0.1, -0.05) is 0 Å². The average molecular weight is 367 g/mol. The second-order valence-corrected chi connectivity index (χ2v) is 8.44. The summed E-state index contributed by atoms with van der Waals surface area (Å²) in [6, 6.07) is -0.215. The van der Waals surface area contributed by atoms with Crippen molar-refractivity contribution < 1.29 is 9.90 Å². The van der Waals surface area contributed by atoms with Crippen molar-refractivity contribution in [1.82, 2.24) is 20.2 Å². The summed E-state index contributed by atoms with van der Waals surface area (Å²) in [7, 11) is 0. The molecule has 2 aromatic heterocycles. The molecule has 0 aliphatic carbocycles. The SMILES string of the molecule is Cc1nc(CN2CC[C@@H](NC(=O)c3sc(C)nc3C)[C@H](O)C2)cs1. The van der Waals surface area contributed by atoms with Gasteiger partial charge in [0.1, 0.15) is 4.88 Å². The lowest BCUT2D eigenvalue weighted by molar-refractivity contribution is 0.0346. The minimum Gasteiger partial charge on any atom is -0.390 e. The van der Waals surface area contributed by atoms with Crippen LogP contribution in [0.1, 0.15) is 37.5 Å². The first-order valence-electron chi connectivity index (χ1n) is 7.98. The summed E-state index contributed by atoms with van der Waals surface area (Å²) in [6.45, 7) is 7.85. The number of β-amino-alcohol motifs (C(OH)–C–C–N with tert-alkyl or cyclic N) is 1. The Morgan fingerprint density at radius 2 is 2.17 bits per heavy atom. The number of nitrogens with zero attached hydrogens (tertiary/aromatic N) is 3. The van der Waals surface area contributed by atoms with E-state index < -0.39 is 6.10 Å². The maximum Gasteiger partial charge on any atom is 0.263 e. The number of likely N-dealkylation sites (tertiary alicyclic amines) is 1. The molecule has 3 heterocycles. The third kappa shape index (κ3) is 4.00. The molecular formula is C16H22N4O2S2. The molecule has 2 aromatic rings. The number of aryl methyl sites for hydroxylation is 3. The Kier molecular flexibility index (Phi) is 5.29. The molecule has 0 radical (unpaired) electrons. The number of hydrogen-bond acceptors (Lipinski definition) is 7. The molecular weight excluding hydrogens is 344 g/mol. The third-order valence-electron chi connectivity index (χ3n) is 4.14. The van der Waals surface area contributed by atoms with Crippen molar-refractivity contribution in [3.05, 3.63) is 31.7 Å². The highest BCUT2D eigenvalue weighted by Gasteiger charge is 2.30. The number of rotatable bonds is 4. The zero-order valence-corrected chi connectivity index (χ0v) is 15.7. The highest BCUT2D eigenvalue weighted by Crippen LogP contribution is 2.19. The Labute approximate surface area is 149 Å². The lowest BCUT2D eigenvalue weighted by Gasteiger charge is -2.35. The molecule has 0 spiro atoms. The van der Waals surface area contributed by atoms with Crippen molar-refractivity contribution in [3.63, 3.8) is 0 Å². The van der Waals surface area contributed by atoms with Crippen molar-refractivity contribution >= 4 is 28.6 Å². The van der Waals surface area contributed by atoms with E-state index >= 15 is 0 Å². The molecule has 3 rings (SSSR count). The molecule has 0 aromatic carbocycles. The van der Waals surface area contributed by atoms with Gasteiger partial charge in [-0.25, -0.2) is 9.97 Å². The summed E-state index contributed by atoms with van der Waals surface area (Å²) in [4.78, 5) is 24.0. The van der Waals surface area contributed by atoms with Crippen LogP contribution < -0.4 is 5.32 Å². The van der Waals surface area contributed by atoms with Crippen LogP contribution in [0.5, 0.6) is 0 Å². The first kappa shape index (κ1) is 17.5. The first-order valence-corrected chi connectivity index (χ1v) is 9.68. The van der Waals surface area contributed by atoms with Crippen LogP contribution in [-0.2, 0) is 6.54 Å². The molecule has 24 heavy (non-hydrogen) atoms. The van der Waals surface area contributed by atoms with E-state index in [1.54, 1.807) is 11.3 Å². The van der Waals surface area contributed by atoms with Gasteiger partial charge in [-0.05, 0) is 27.2 Å². The van der Waals surface area contributed by atoms with Crippen LogP contribution in [0, 0.1) is 20.8 Å². The molecule has 1 aliphatic heterocycles. The molecule has 6 nitrogen and oxygen atoms in total. The number of nitrogens with one attached hydrogen (secondary N) is 1. The molecule has 1 aliphatic rings. The maximum atomic E-state index is 12.4. The Morgan fingerprint density at radius 1 is 1.38 bits per heavy atom. The van der Waals surface area contributed by atoms with Gasteiger partial charge >= 0.3 is 0 Å². The topological polar surface area (TPSA) is 78.4 Å². The Hall–Kier alpha value is -1.35. The average Bonchev–Trinajstić information content (AvgIpc) is 3.07. The van der Waals surface area contributed by atoms with Gasteiger partial charge in [0.25, 0.3) is 5.91 Å². The van der Waals surface area contributed by atoms with Gasteiger partial charge in [-0.2, -0.15) is 0 Å². The van der Waals surface area contributed by atoms with E-state index in [0.29, 0.717) is 11.4 Å². The van der Waals surface area contributed by atoms with Gasteiger partial charge in [0.15, 0.2) is 0 Å². The number of amides is 1. The minimum atomic E-state index is -0.572. The predicted octanol–water partition coefficient (Wildman–Crippen LogP) is 1.89. The van der Waals surface area contributed by atoms with Crippen molar-refractivity contribution in [1.29, 1.82) is 0 Å². The predicted molar refractivity (Wildman–Crippen MR) is 95.6 cm³/mol. The Bertz CT molecular complexity index is 727. The van der Waals surface area contributed by atoms with E-state index in [4.69, 9.17) is 0 Å². The lowest BCUT2D eigenvalue weighted by atomic mass is 10.0. The minimum absolute atomic E-state index is 0.134. The van der Waals surface area contributed by atoms with Gasteiger partial charge in [-0.3, -0.25) is 9.69 Å². The smallest absolute Gasteiger partial charge is 0.263 e. The number of hydrogen-bond donors (Lipinski definition) is 2. The highest BCUT2D eigenvalue weighted by molar-refractivity contribution is 7.13. The van der Waals surface area contributed by atoms with Crippen molar-refractivity contribution in [2.24, 2.45) is 0 Å². The van der Waals surface area contributed by atoms with Gasteiger partial charge in [0.2, 0.25) is 0 Å². The van der Waals surface area contributed by atoms with Crippen LogP contribution in [0.25, 0.3) is 0 Å². The summed E-state index contributed by atoms with van der Waals surface area (Å²) in [5, 5.41) is 17.4. The van der Waals surface area contributed by atoms with E-state index in [1.807, 2.05) is 20.8 Å². The van der Waals surface area contributed by atoms with Crippen molar-refractivity contribution in [2.75, 3.05) is 13.1 Å². The number of carbonyl (C=O) groups is 1. The van der Waals surface area contributed by atoms with Crippen LogP contribution in [0.15, 0.2) is 5.38 Å². The van der Waals surface area contributed by atoms with Gasteiger partial charge in [0, 0.05) is 25.0 Å². The largest absolute Gasteiger partial charge is 0.390 e. The fraction of sp³-hybridized carbons (Fsp3) is 0.562. The molecule has 0 bridgehead atoms. The van der Waals surface area contributed by atoms with Crippen LogP contribution in [-0.4, -0.2) is 51.1 Å². The second-order valence-electron chi connectivity index (χ2n) is 6.18. The highest BCUT2D eigenvalue weighted by atomic mass is 32.1. The molecule has 2 atom stereocenters. The number of aromatic nitrogens is 2. The normalized spacial score (nSPS) is 21.8. The summed E-state index contributed by atoms with van der Waals surface area (Å²) in [6.07, 6.45) is 0.157. The second kappa shape index (κ2) is 7.26. The third-order valence-corrected chi connectivity index (χ3v) is 6.04. The quantitative estimate of drug-likeness (QED) is 0.864. The number of aliphatic hydroxyl groups excluding tert-OH is 1. The van der Waals surface area contributed by atoms with Crippen LogP contribution in [0.4, 0.5) is 0 Å². The molecule has 1 amide bonds. The Balaban J connectivity index is 1.55. The first-order chi connectivity index (χ1) is 11.4. The summed E-state index contributed by atoms with van der Waals surface area (Å²) in [5.41, 5.74) is 1.80. The van der Waals surface area contributed by atoms with Crippen LogP contribution in [0.2, 0.25) is 0 Å². The molecule has 1 fully saturated rings. The van der Waals surface area contributed by atoms with Crippen LogP contribution >= 0.6 is 22.7 Å². The van der Waals surface area contributed by atoms with E-state index in [2.05, 4.69) is 25.6 Å². The van der Waals surface area contributed by atoms with E-state index in [-0.39, 0.29) is 11.9 Å². The van der Waals surface area contributed by atoms with Gasteiger partial charge in [0.05, 0.1) is 33.5 Å². The van der Waals surface area contributed by atoms with E-state index in [9.17, 15) is 9.90 Å². The van der Waals surface area contributed by atoms with Crippen LogP contribution in [0.3, 0.4) is 0 Å². The Morgan fingerprint density at radius 3 is 2.75 bits per heavy atom. The summed E-state index contributed by atoms with van der Waals surface area (Å²) < 4.78 is 0. The molecule has 0 unspecified atom stereocenters. The molecule has 2 N–H and O–H groups in total. The lowest BCUT2D eigenvalue weighted by Crippen LogP contribution is -2.53. The number of aliphatic hydroxyl groups is 1. The zero-order valence-electron chi connectivity index (χ0n) is 14.1. The maximum absolute atomic E-state index is 12.4. The fourth-order valence-electron chi connectivity index (χ4n) is 2.99. The fourth-order valence-corrected chi connectivity index (χ4v) is 4.42. The summed E-state index contributed by atoms with van der Waals surface area (Å²) >= 11 is 3.04.